The maximum absolute atomic E-state index is 5.13. The Morgan fingerprint density at radius 3 is 2.64 bits per heavy atom. The predicted octanol–water partition coefficient (Wildman–Crippen LogP) is 0.904. The number of methoxy groups -OCH3 is 1. The van der Waals surface area contributed by atoms with E-state index in [9.17, 15) is 0 Å². The lowest BCUT2D eigenvalue weighted by atomic mass is 10.3. The quantitative estimate of drug-likeness (QED) is 0.730. The zero-order chi connectivity index (χ0) is 9.97. The lowest BCUT2D eigenvalue weighted by molar-refractivity contribution is 0.313. The minimum atomic E-state index is 0.888. The Morgan fingerprint density at radius 2 is 2.07 bits per heavy atom. The van der Waals surface area contributed by atoms with Crippen LogP contribution >= 0.6 is 11.3 Å². The minimum absolute atomic E-state index is 0.888. The monoisotopic (exact) mass is 213 g/mol. The SMILES string of the molecule is COc1cnc(N2CCN(C)CC2)s1. The normalized spacial score (nSPS) is 18.6. The van der Waals surface area contributed by atoms with Crippen LogP contribution in [0, 0.1) is 0 Å². The molecule has 2 heterocycles. The van der Waals surface area contributed by atoms with Crippen molar-refractivity contribution < 1.29 is 4.74 Å². The molecule has 0 radical (unpaired) electrons. The highest BCUT2D eigenvalue weighted by Crippen LogP contribution is 2.28. The standard InChI is InChI=1S/C9H15N3OS/c1-11-3-5-12(6-4-11)9-10-7-8(13-2)14-9/h7H,3-6H2,1-2H3. The number of thiazole rings is 1. The summed E-state index contributed by atoms with van der Waals surface area (Å²) < 4.78 is 5.13. The van der Waals surface area contributed by atoms with Crippen LogP contribution in [0.25, 0.3) is 0 Å². The smallest absolute Gasteiger partial charge is 0.195 e. The summed E-state index contributed by atoms with van der Waals surface area (Å²) in [5.74, 6) is 0. The van der Waals surface area contributed by atoms with Gasteiger partial charge in [0.2, 0.25) is 0 Å². The molecule has 0 amide bonds. The number of ether oxygens (including phenoxy) is 1. The molecule has 0 atom stereocenters. The zero-order valence-corrected chi connectivity index (χ0v) is 9.38. The predicted molar refractivity (Wildman–Crippen MR) is 58.4 cm³/mol. The average molecular weight is 213 g/mol. The first-order valence-electron chi connectivity index (χ1n) is 4.73. The molecule has 2 rings (SSSR count). The van der Waals surface area contributed by atoms with Crippen LogP contribution in [0.4, 0.5) is 5.13 Å². The van der Waals surface area contributed by atoms with Crippen LogP contribution in [0.2, 0.25) is 0 Å². The van der Waals surface area contributed by atoms with Gasteiger partial charge in [0.1, 0.15) is 0 Å². The molecular formula is C9H15N3OS. The van der Waals surface area contributed by atoms with E-state index in [4.69, 9.17) is 4.74 Å². The fourth-order valence-electron chi connectivity index (χ4n) is 1.49. The molecule has 0 aromatic carbocycles. The van der Waals surface area contributed by atoms with Crippen molar-refractivity contribution in [2.75, 3.05) is 45.2 Å². The van der Waals surface area contributed by atoms with Crippen LogP contribution in [0.1, 0.15) is 0 Å². The van der Waals surface area contributed by atoms with Crippen molar-refractivity contribution in [1.29, 1.82) is 0 Å². The first kappa shape index (κ1) is 9.73. The Kier molecular flexibility index (Phi) is 2.88. The minimum Gasteiger partial charge on any atom is -0.486 e. The van der Waals surface area contributed by atoms with Gasteiger partial charge in [0.25, 0.3) is 0 Å². The number of rotatable bonds is 2. The number of hydrogen-bond acceptors (Lipinski definition) is 5. The van der Waals surface area contributed by atoms with Gasteiger partial charge in [-0.3, -0.25) is 0 Å². The third kappa shape index (κ3) is 1.99. The van der Waals surface area contributed by atoms with Crippen molar-refractivity contribution in [2.45, 2.75) is 0 Å². The molecule has 1 fully saturated rings. The van der Waals surface area contributed by atoms with Gasteiger partial charge in [-0.1, -0.05) is 11.3 Å². The van der Waals surface area contributed by atoms with Gasteiger partial charge in [-0.05, 0) is 7.05 Å². The second-order valence-corrected chi connectivity index (χ2v) is 4.43. The molecule has 0 spiro atoms. The summed E-state index contributed by atoms with van der Waals surface area (Å²) in [6.07, 6.45) is 1.79. The number of hydrogen-bond donors (Lipinski definition) is 0. The lowest BCUT2D eigenvalue weighted by Gasteiger charge is -2.31. The van der Waals surface area contributed by atoms with E-state index < -0.39 is 0 Å². The average Bonchev–Trinajstić information content (AvgIpc) is 2.67. The molecule has 1 aromatic rings. The summed E-state index contributed by atoms with van der Waals surface area (Å²) in [6, 6.07) is 0. The largest absolute Gasteiger partial charge is 0.486 e. The highest BCUT2D eigenvalue weighted by Gasteiger charge is 2.16. The summed E-state index contributed by atoms with van der Waals surface area (Å²) in [7, 11) is 3.83. The Hall–Kier alpha value is -0.810. The molecule has 0 bridgehead atoms. The van der Waals surface area contributed by atoms with E-state index in [1.165, 1.54) is 0 Å². The van der Waals surface area contributed by atoms with Crippen molar-refractivity contribution in [1.82, 2.24) is 9.88 Å². The Labute approximate surface area is 88.1 Å². The summed E-state index contributed by atoms with van der Waals surface area (Å²) in [6.45, 7) is 4.35. The van der Waals surface area contributed by atoms with Crippen LogP contribution in [-0.4, -0.2) is 50.2 Å². The lowest BCUT2D eigenvalue weighted by Crippen LogP contribution is -2.44. The van der Waals surface area contributed by atoms with Crippen LogP contribution in [-0.2, 0) is 0 Å². The second kappa shape index (κ2) is 4.14. The summed E-state index contributed by atoms with van der Waals surface area (Å²) >= 11 is 1.61. The van der Waals surface area contributed by atoms with Gasteiger partial charge < -0.3 is 14.5 Å². The summed E-state index contributed by atoms with van der Waals surface area (Å²) in [5, 5.41) is 1.97. The number of likely N-dealkylation sites (N-methyl/N-ethyl adjacent to an activating group) is 1. The molecule has 1 aliphatic heterocycles. The van der Waals surface area contributed by atoms with E-state index in [-0.39, 0.29) is 0 Å². The first-order valence-corrected chi connectivity index (χ1v) is 5.54. The van der Waals surface area contributed by atoms with E-state index in [0.717, 1.165) is 36.4 Å². The van der Waals surface area contributed by atoms with Gasteiger partial charge in [0.05, 0.1) is 13.3 Å². The third-order valence-electron chi connectivity index (χ3n) is 2.45. The highest BCUT2D eigenvalue weighted by molar-refractivity contribution is 7.17. The van der Waals surface area contributed by atoms with E-state index in [2.05, 4.69) is 21.8 Å². The van der Waals surface area contributed by atoms with Gasteiger partial charge in [0.15, 0.2) is 10.2 Å². The van der Waals surface area contributed by atoms with E-state index in [0.29, 0.717) is 0 Å². The zero-order valence-electron chi connectivity index (χ0n) is 8.56. The Bertz CT molecular complexity index is 294. The molecule has 4 nitrogen and oxygen atoms in total. The molecule has 5 heteroatoms. The van der Waals surface area contributed by atoms with Crippen molar-refractivity contribution in [3.63, 3.8) is 0 Å². The topological polar surface area (TPSA) is 28.6 Å². The molecule has 1 saturated heterocycles. The number of nitrogens with zero attached hydrogens (tertiary/aromatic N) is 3. The van der Waals surface area contributed by atoms with Crippen molar-refractivity contribution in [2.24, 2.45) is 0 Å². The van der Waals surface area contributed by atoms with Gasteiger partial charge in [0, 0.05) is 26.2 Å². The van der Waals surface area contributed by atoms with E-state index >= 15 is 0 Å². The number of anilines is 1. The fourth-order valence-corrected chi connectivity index (χ4v) is 2.27. The van der Waals surface area contributed by atoms with Crippen LogP contribution in [0.15, 0.2) is 6.20 Å². The van der Waals surface area contributed by atoms with Gasteiger partial charge in [-0.15, -0.1) is 0 Å². The van der Waals surface area contributed by atoms with Crippen molar-refractivity contribution in [3.05, 3.63) is 6.20 Å². The molecule has 78 valence electrons. The maximum Gasteiger partial charge on any atom is 0.195 e. The van der Waals surface area contributed by atoms with Crippen LogP contribution in [0.3, 0.4) is 0 Å². The van der Waals surface area contributed by atoms with Gasteiger partial charge in [-0.2, -0.15) is 0 Å². The van der Waals surface area contributed by atoms with Crippen molar-refractivity contribution in [3.8, 4) is 5.06 Å². The second-order valence-electron chi connectivity index (χ2n) is 3.46. The molecule has 0 N–H and O–H groups in total. The maximum atomic E-state index is 5.13. The molecule has 0 unspecified atom stereocenters. The van der Waals surface area contributed by atoms with Crippen LogP contribution < -0.4 is 9.64 Å². The number of aromatic nitrogens is 1. The van der Waals surface area contributed by atoms with Crippen LogP contribution in [0.5, 0.6) is 5.06 Å². The molecule has 1 aromatic heterocycles. The first-order chi connectivity index (χ1) is 6.79. The summed E-state index contributed by atoms with van der Waals surface area (Å²) in [4.78, 5) is 8.98. The highest BCUT2D eigenvalue weighted by atomic mass is 32.1. The van der Waals surface area contributed by atoms with Crippen molar-refractivity contribution >= 4 is 16.5 Å². The fraction of sp³-hybridized carbons (Fsp3) is 0.667. The van der Waals surface area contributed by atoms with Gasteiger partial charge >= 0.3 is 0 Å². The van der Waals surface area contributed by atoms with E-state index in [1.807, 2.05) is 0 Å². The Balaban J connectivity index is 2.01. The molecule has 0 aliphatic carbocycles. The molecule has 14 heavy (non-hydrogen) atoms. The molecule has 1 aliphatic rings. The molecular weight excluding hydrogens is 198 g/mol. The summed E-state index contributed by atoms with van der Waals surface area (Å²) in [5.41, 5.74) is 0. The number of piperazine rings is 1. The van der Waals surface area contributed by atoms with Gasteiger partial charge in [-0.25, -0.2) is 4.98 Å². The molecule has 0 saturated carbocycles. The Morgan fingerprint density at radius 1 is 1.36 bits per heavy atom. The van der Waals surface area contributed by atoms with E-state index in [1.54, 1.807) is 24.6 Å². The third-order valence-corrected chi connectivity index (χ3v) is 3.47.